The highest BCUT2D eigenvalue weighted by Crippen LogP contribution is 2.33. The normalized spacial score (nSPS) is 15.7. The standard InChI is InChI=1S/C30H33N3O2/c1-22-13-14-26(23(2)19-22)30(24-9-5-4-6-10-24)33-17-15-32(16-18-33)21-25-20-28(31-35-25)27-11-7-8-12-29(27)34-3/h4-14,19-20,30H,15-18,21H2,1-3H3. The van der Waals surface area contributed by atoms with E-state index in [2.05, 4.69) is 77.3 Å². The van der Waals surface area contributed by atoms with Crippen LogP contribution in [0, 0.1) is 13.8 Å². The molecule has 1 aliphatic heterocycles. The summed E-state index contributed by atoms with van der Waals surface area (Å²) in [4.78, 5) is 5.07. The third-order valence-corrected chi connectivity index (χ3v) is 6.93. The molecule has 1 saturated heterocycles. The molecule has 0 saturated carbocycles. The Balaban J connectivity index is 1.29. The first-order valence-electron chi connectivity index (χ1n) is 12.3. The van der Waals surface area contributed by atoms with Gasteiger partial charge in [0.1, 0.15) is 11.4 Å². The lowest BCUT2D eigenvalue weighted by atomic mass is 9.92. The maximum Gasteiger partial charge on any atom is 0.151 e. The highest BCUT2D eigenvalue weighted by Gasteiger charge is 2.28. The molecule has 0 radical (unpaired) electrons. The van der Waals surface area contributed by atoms with E-state index < -0.39 is 0 Å². The van der Waals surface area contributed by atoms with E-state index in [1.807, 2.05) is 30.3 Å². The second-order valence-electron chi connectivity index (χ2n) is 9.36. The maximum atomic E-state index is 5.70. The van der Waals surface area contributed by atoms with E-state index in [-0.39, 0.29) is 6.04 Å². The summed E-state index contributed by atoms with van der Waals surface area (Å²) in [6, 6.07) is 27.9. The molecule has 0 bridgehead atoms. The topological polar surface area (TPSA) is 41.7 Å². The number of methoxy groups -OCH3 is 1. The molecule has 2 heterocycles. The van der Waals surface area contributed by atoms with Crippen LogP contribution in [0.2, 0.25) is 0 Å². The van der Waals surface area contributed by atoms with Gasteiger partial charge in [0.05, 0.1) is 19.7 Å². The quantitative estimate of drug-likeness (QED) is 0.340. The molecule has 5 rings (SSSR count). The monoisotopic (exact) mass is 467 g/mol. The van der Waals surface area contributed by atoms with Crippen molar-refractivity contribution in [2.24, 2.45) is 0 Å². The average molecular weight is 468 g/mol. The fourth-order valence-electron chi connectivity index (χ4n) is 5.13. The number of aromatic nitrogens is 1. The van der Waals surface area contributed by atoms with Crippen molar-refractivity contribution in [2.45, 2.75) is 26.4 Å². The number of nitrogens with zero attached hydrogens (tertiary/aromatic N) is 3. The predicted octanol–water partition coefficient (Wildman–Crippen LogP) is 5.87. The van der Waals surface area contributed by atoms with Gasteiger partial charge in [-0.25, -0.2) is 0 Å². The van der Waals surface area contributed by atoms with Crippen molar-refractivity contribution in [3.63, 3.8) is 0 Å². The molecule has 1 unspecified atom stereocenters. The molecule has 1 fully saturated rings. The Morgan fingerprint density at radius 3 is 2.37 bits per heavy atom. The Morgan fingerprint density at radius 2 is 1.63 bits per heavy atom. The van der Waals surface area contributed by atoms with Crippen LogP contribution in [-0.2, 0) is 6.54 Å². The highest BCUT2D eigenvalue weighted by molar-refractivity contribution is 5.66. The summed E-state index contributed by atoms with van der Waals surface area (Å²) in [5, 5.41) is 4.31. The molecule has 35 heavy (non-hydrogen) atoms. The summed E-state index contributed by atoms with van der Waals surface area (Å²) in [5.41, 5.74) is 7.18. The summed E-state index contributed by atoms with van der Waals surface area (Å²) in [5.74, 6) is 1.69. The lowest BCUT2D eigenvalue weighted by Crippen LogP contribution is -2.47. The molecular weight excluding hydrogens is 434 g/mol. The zero-order valence-electron chi connectivity index (χ0n) is 20.8. The summed E-state index contributed by atoms with van der Waals surface area (Å²) >= 11 is 0. The van der Waals surface area contributed by atoms with Crippen molar-refractivity contribution in [3.8, 4) is 17.0 Å². The molecular formula is C30H33N3O2. The number of ether oxygens (including phenoxy) is 1. The van der Waals surface area contributed by atoms with Crippen molar-refractivity contribution >= 4 is 0 Å². The van der Waals surface area contributed by atoms with Crippen LogP contribution in [0.4, 0.5) is 0 Å². The van der Waals surface area contributed by atoms with E-state index in [1.54, 1.807) is 7.11 Å². The third-order valence-electron chi connectivity index (χ3n) is 6.93. The van der Waals surface area contributed by atoms with Gasteiger partial charge in [-0.05, 0) is 42.7 Å². The molecule has 0 N–H and O–H groups in total. The zero-order chi connectivity index (χ0) is 24.2. The molecule has 5 heteroatoms. The molecule has 0 aliphatic carbocycles. The van der Waals surface area contributed by atoms with Crippen molar-refractivity contribution in [2.75, 3.05) is 33.3 Å². The van der Waals surface area contributed by atoms with Crippen LogP contribution in [0.25, 0.3) is 11.3 Å². The van der Waals surface area contributed by atoms with Crippen molar-refractivity contribution in [1.29, 1.82) is 0 Å². The van der Waals surface area contributed by atoms with Gasteiger partial charge in [-0.3, -0.25) is 9.80 Å². The number of rotatable bonds is 7. The first kappa shape index (κ1) is 23.3. The summed E-state index contributed by atoms with van der Waals surface area (Å²) in [6.07, 6.45) is 0. The lowest BCUT2D eigenvalue weighted by molar-refractivity contribution is 0.0978. The third kappa shape index (κ3) is 5.16. The lowest BCUT2D eigenvalue weighted by Gasteiger charge is -2.40. The largest absolute Gasteiger partial charge is 0.496 e. The second kappa shape index (κ2) is 10.5. The average Bonchev–Trinajstić information content (AvgIpc) is 3.35. The number of benzene rings is 3. The van der Waals surface area contributed by atoms with E-state index >= 15 is 0 Å². The van der Waals surface area contributed by atoms with Gasteiger partial charge in [0.15, 0.2) is 5.76 Å². The minimum Gasteiger partial charge on any atom is -0.496 e. The molecule has 180 valence electrons. The minimum absolute atomic E-state index is 0.265. The van der Waals surface area contributed by atoms with Crippen LogP contribution in [0.15, 0.2) is 83.4 Å². The summed E-state index contributed by atoms with van der Waals surface area (Å²) < 4.78 is 11.2. The van der Waals surface area contributed by atoms with Gasteiger partial charge in [-0.2, -0.15) is 0 Å². The molecule has 4 aromatic rings. The fourth-order valence-corrected chi connectivity index (χ4v) is 5.13. The van der Waals surface area contributed by atoms with Crippen molar-refractivity contribution in [3.05, 3.63) is 107 Å². The molecule has 1 aromatic heterocycles. The van der Waals surface area contributed by atoms with Gasteiger partial charge in [0, 0.05) is 37.8 Å². The van der Waals surface area contributed by atoms with E-state index in [4.69, 9.17) is 9.26 Å². The molecule has 3 aromatic carbocycles. The SMILES string of the molecule is COc1ccccc1-c1cc(CN2CCN(C(c3ccccc3)c3ccc(C)cc3C)CC2)on1. The van der Waals surface area contributed by atoms with Crippen LogP contribution in [0.5, 0.6) is 5.75 Å². The minimum atomic E-state index is 0.265. The van der Waals surface area contributed by atoms with E-state index in [0.29, 0.717) is 0 Å². The number of hydrogen-bond acceptors (Lipinski definition) is 5. The van der Waals surface area contributed by atoms with E-state index in [9.17, 15) is 0 Å². The fraction of sp³-hybridized carbons (Fsp3) is 0.300. The summed E-state index contributed by atoms with van der Waals surface area (Å²) in [6.45, 7) is 9.13. The molecule has 0 spiro atoms. The van der Waals surface area contributed by atoms with Gasteiger partial charge >= 0.3 is 0 Å². The van der Waals surface area contributed by atoms with E-state index in [0.717, 1.165) is 55.5 Å². The number of aryl methyl sites for hydroxylation is 2. The van der Waals surface area contributed by atoms with Gasteiger partial charge in [0.2, 0.25) is 0 Å². The molecule has 5 nitrogen and oxygen atoms in total. The van der Waals surface area contributed by atoms with Crippen LogP contribution in [0.1, 0.15) is 34.1 Å². The molecule has 1 aliphatic rings. The Bertz CT molecular complexity index is 1260. The predicted molar refractivity (Wildman–Crippen MR) is 140 cm³/mol. The first-order chi connectivity index (χ1) is 17.1. The molecule has 0 amide bonds. The van der Waals surface area contributed by atoms with Gasteiger partial charge in [-0.1, -0.05) is 71.4 Å². The second-order valence-corrected chi connectivity index (χ2v) is 9.36. The van der Waals surface area contributed by atoms with Gasteiger partial charge < -0.3 is 9.26 Å². The number of hydrogen-bond donors (Lipinski definition) is 0. The Labute approximate surface area is 207 Å². The van der Waals surface area contributed by atoms with Crippen LogP contribution in [0.3, 0.4) is 0 Å². The van der Waals surface area contributed by atoms with Crippen LogP contribution < -0.4 is 4.74 Å². The van der Waals surface area contributed by atoms with Crippen molar-refractivity contribution < 1.29 is 9.26 Å². The Hall–Kier alpha value is -3.41. The molecule has 1 atom stereocenters. The Morgan fingerprint density at radius 1 is 0.886 bits per heavy atom. The van der Waals surface area contributed by atoms with Crippen LogP contribution in [-0.4, -0.2) is 48.2 Å². The number of para-hydroxylation sites is 1. The first-order valence-corrected chi connectivity index (χ1v) is 12.3. The smallest absolute Gasteiger partial charge is 0.151 e. The van der Waals surface area contributed by atoms with Crippen molar-refractivity contribution in [1.82, 2.24) is 15.0 Å². The Kier molecular flexibility index (Phi) is 6.98. The van der Waals surface area contributed by atoms with Gasteiger partial charge in [-0.15, -0.1) is 0 Å². The van der Waals surface area contributed by atoms with Gasteiger partial charge in [0.25, 0.3) is 0 Å². The highest BCUT2D eigenvalue weighted by atomic mass is 16.5. The number of piperazine rings is 1. The maximum absolute atomic E-state index is 5.70. The zero-order valence-corrected chi connectivity index (χ0v) is 20.8. The van der Waals surface area contributed by atoms with Crippen LogP contribution >= 0.6 is 0 Å². The summed E-state index contributed by atoms with van der Waals surface area (Å²) in [7, 11) is 1.68. The van der Waals surface area contributed by atoms with E-state index in [1.165, 1.54) is 22.3 Å².